The molecule has 2 aromatic heterocycles. The van der Waals surface area contributed by atoms with E-state index in [-0.39, 0.29) is 23.2 Å². The third-order valence-corrected chi connectivity index (χ3v) is 9.41. The van der Waals surface area contributed by atoms with Crippen LogP contribution in [-0.2, 0) is 16.4 Å². The molecule has 234 valence electrons. The topological polar surface area (TPSA) is 60.2 Å². The molecular weight excluding hydrogens is 580 g/mol. The number of ether oxygens (including phenoxy) is 2. The average molecular weight is 627 g/mol. The second kappa shape index (κ2) is 16.7. The molecule has 2 heterocycles. The van der Waals surface area contributed by atoms with Crippen molar-refractivity contribution in [2.45, 2.75) is 82.1 Å². The summed E-state index contributed by atoms with van der Waals surface area (Å²) in [5.74, 6) is 1.40. The fraction of sp³-hybridized carbons (Fsp3) is 0.429. The zero-order chi connectivity index (χ0) is 30.0. The van der Waals surface area contributed by atoms with Crippen LogP contribution in [0.5, 0.6) is 11.5 Å². The van der Waals surface area contributed by atoms with Crippen molar-refractivity contribution in [3.8, 4) is 11.5 Å². The molecule has 0 bridgehead atoms. The van der Waals surface area contributed by atoms with Gasteiger partial charge in [0, 0.05) is 12.7 Å². The lowest BCUT2D eigenvalue weighted by atomic mass is 10.1. The van der Waals surface area contributed by atoms with Crippen molar-refractivity contribution in [1.82, 2.24) is 9.30 Å². The number of hydrogen-bond donors (Lipinski definition) is 0. The first kappa shape index (κ1) is 34.5. The first-order valence-corrected chi connectivity index (χ1v) is 16.8. The maximum Gasteiger partial charge on any atom is 0.209 e. The zero-order valence-corrected chi connectivity index (χ0v) is 27.6. The van der Waals surface area contributed by atoms with E-state index in [4.69, 9.17) is 9.47 Å². The van der Waals surface area contributed by atoms with Crippen LogP contribution < -0.4 is 9.47 Å². The Balaban J connectivity index is 0.00000506. The van der Waals surface area contributed by atoms with Gasteiger partial charge in [-0.25, -0.2) is 8.42 Å². The highest BCUT2D eigenvalue weighted by atomic mass is 35.5. The lowest BCUT2D eigenvalue weighted by Crippen LogP contribution is -2.28. The molecule has 0 saturated carbocycles. The first-order valence-electron chi connectivity index (χ1n) is 15.3. The fourth-order valence-electron chi connectivity index (χ4n) is 5.09. The third kappa shape index (κ3) is 9.24. The molecule has 0 aliphatic heterocycles. The van der Waals surface area contributed by atoms with Crippen LogP contribution >= 0.6 is 12.4 Å². The van der Waals surface area contributed by atoms with Crippen LogP contribution in [0.2, 0.25) is 0 Å². The summed E-state index contributed by atoms with van der Waals surface area (Å²) in [5, 5.41) is 0. The molecule has 0 amide bonds. The number of fused-ring (bicyclic) bond motifs is 1. The molecular formula is C35H47ClN2O4S. The molecule has 0 aliphatic carbocycles. The molecule has 4 rings (SSSR count). The van der Waals surface area contributed by atoms with E-state index in [2.05, 4.69) is 18.7 Å². The van der Waals surface area contributed by atoms with E-state index in [0.717, 1.165) is 37.2 Å². The van der Waals surface area contributed by atoms with Crippen molar-refractivity contribution in [2.24, 2.45) is 0 Å². The summed E-state index contributed by atoms with van der Waals surface area (Å²) in [7, 11) is -3.76. The van der Waals surface area contributed by atoms with Crippen molar-refractivity contribution >= 4 is 27.8 Å². The van der Waals surface area contributed by atoms with E-state index in [9.17, 15) is 8.42 Å². The van der Waals surface area contributed by atoms with Crippen LogP contribution in [0.1, 0.15) is 76.8 Å². The summed E-state index contributed by atoms with van der Waals surface area (Å²) in [6.07, 6.45) is 9.56. The van der Waals surface area contributed by atoms with Gasteiger partial charge in [-0.3, -0.25) is 0 Å². The number of aromatic nitrogens is 1. The molecule has 0 spiro atoms. The van der Waals surface area contributed by atoms with Crippen molar-refractivity contribution in [3.05, 3.63) is 90.3 Å². The largest absolute Gasteiger partial charge is 0.494 e. The van der Waals surface area contributed by atoms with E-state index >= 15 is 0 Å². The Morgan fingerprint density at radius 1 is 0.767 bits per heavy atom. The number of rotatable bonds is 17. The number of unbranched alkanes of at least 4 members (excludes halogenated alkanes) is 2. The number of sulfone groups is 1. The maximum atomic E-state index is 14.0. The summed E-state index contributed by atoms with van der Waals surface area (Å²) in [5.41, 5.74) is 2.50. The van der Waals surface area contributed by atoms with Gasteiger partial charge < -0.3 is 18.8 Å². The Hall–Kier alpha value is -3.00. The third-order valence-electron chi connectivity index (χ3n) is 7.54. The highest BCUT2D eigenvalue weighted by Crippen LogP contribution is 2.35. The number of halogens is 1. The highest BCUT2D eigenvalue weighted by molar-refractivity contribution is 7.91. The van der Waals surface area contributed by atoms with Crippen LogP contribution in [0.4, 0.5) is 0 Å². The molecule has 8 heteroatoms. The van der Waals surface area contributed by atoms with Gasteiger partial charge in [-0.05, 0) is 85.8 Å². The maximum absolute atomic E-state index is 14.0. The molecule has 0 atom stereocenters. The monoisotopic (exact) mass is 626 g/mol. The second-order valence-electron chi connectivity index (χ2n) is 11.2. The Labute approximate surface area is 264 Å². The molecule has 0 unspecified atom stereocenters. The summed E-state index contributed by atoms with van der Waals surface area (Å²) in [6.45, 7) is 12.8. The lowest BCUT2D eigenvalue weighted by Gasteiger charge is -2.21. The number of hydrogen-bond acceptors (Lipinski definition) is 5. The van der Waals surface area contributed by atoms with Gasteiger partial charge in [0.1, 0.15) is 23.0 Å². The smallest absolute Gasteiger partial charge is 0.209 e. The summed E-state index contributed by atoms with van der Waals surface area (Å²) in [4.78, 5) is 3.14. The van der Waals surface area contributed by atoms with Gasteiger partial charge in [-0.15, -0.1) is 12.4 Å². The molecule has 0 fully saturated rings. The van der Waals surface area contributed by atoms with Crippen molar-refractivity contribution in [2.75, 3.05) is 26.2 Å². The van der Waals surface area contributed by atoms with Crippen molar-refractivity contribution < 1.29 is 17.9 Å². The van der Waals surface area contributed by atoms with Gasteiger partial charge >= 0.3 is 0 Å². The van der Waals surface area contributed by atoms with E-state index < -0.39 is 9.84 Å². The van der Waals surface area contributed by atoms with Gasteiger partial charge in [0.15, 0.2) is 0 Å². The van der Waals surface area contributed by atoms with Crippen LogP contribution in [0, 0.1) is 0 Å². The molecule has 4 aromatic rings. The molecule has 6 nitrogen and oxygen atoms in total. The van der Waals surface area contributed by atoms with E-state index in [1.54, 1.807) is 24.3 Å². The molecule has 0 saturated heterocycles. The molecule has 2 aromatic carbocycles. The van der Waals surface area contributed by atoms with Gasteiger partial charge in [-0.2, -0.15) is 0 Å². The van der Waals surface area contributed by atoms with Gasteiger partial charge in [0.25, 0.3) is 0 Å². The fourth-order valence-corrected chi connectivity index (χ4v) is 6.87. The summed E-state index contributed by atoms with van der Waals surface area (Å²) >= 11 is 0. The highest BCUT2D eigenvalue weighted by Gasteiger charge is 2.27. The van der Waals surface area contributed by atoms with Crippen LogP contribution in [-0.4, -0.2) is 44.0 Å². The molecule has 0 radical (unpaired) electrons. The van der Waals surface area contributed by atoms with Gasteiger partial charge in [0.05, 0.1) is 23.2 Å². The average Bonchev–Trinajstić information content (AvgIpc) is 3.40. The van der Waals surface area contributed by atoms with E-state index in [1.165, 1.54) is 25.7 Å². The standard InChI is InChI=1S/C35H46N2O4S.ClH/c1-5-7-21-36(22-8-6-2)23-12-24-40-30-15-18-32(19-16-30)42(38,39)35-33(28(3)4)26-37-25-31(17-20-34(35)37)41-27-29-13-10-9-11-14-29;/h9-11,13-20,25-26,28H,5-8,12,21-24,27H2,1-4H3;1H. The van der Waals surface area contributed by atoms with Crippen LogP contribution in [0.25, 0.3) is 5.52 Å². The predicted octanol–water partition coefficient (Wildman–Crippen LogP) is 8.57. The Kier molecular flexibility index (Phi) is 13.4. The summed E-state index contributed by atoms with van der Waals surface area (Å²) in [6, 6.07) is 20.5. The van der Waals surface area contributed by atoms with Gasteiger partial charge in [-0.1, -0.05) is 70.9 Å². The Bertz CT molecular complexity index is 1490. The number of nitrogens with zero attached hydrogens (tertiary/aromatic N) is 2. The van der Waals surface area contributed by atoms with Crippen LogP contribution in [0.15, 0.2) is 88.9 Å². The lowest BCUT2D eigenvalue weighted by molar-refractivity contribution is 0.229. The van der Waals surface area contributed by atoms with Gasteiger partial charge in [0.2, 0.25) is 9.84 Å². The molecule has 0 aliphatic rings. The normalized spacial score (nSPS) is 11.7. The van der Waals surface area contributed by atoms with E-state index in [1.807, 2.05) is 73.1 Å². The molecule has 43 heavy (non-hydrogen) atoms. The minimum absolute atomic E-state index is 0. The van der Waals surface area contributed by atoms with Crippen LogP contribution in [0.3, 0.4) is 0 Å². The molecule has 0 N–H and O–H groups in total. The SMILES string of the molecule is CCCCN(CCCC)CCCOc1ccc(S(=O)(=O)c2c(C(C)C)cn3cc(OCc4ccccc4)ccc23)cc1.Cl. The van der Waals surface area contributed by atoms with E-state index in [0.29, 0.717) is 35.1 Å². The first-order chi connectivity index (χ1) is 20.3. The number of benzene rings is 2. The zero-order valence-electron chi connectivity index (χ0n) is 26.0. The minimum atomic E-state index is -3.76. The van der Waals surface area contributed by atoms with Crippen molar-refractivity contribution in [3.63, 3.8) is 0 Å². The summed E-state index contributed by atoms with van der Waals surface area (Å²) < 4.78 is 41.8. The Morgan fingerprint density at radius 2 is 1.40 bits per heavy atom. The minimum Gasteiger partial charge on any atom is -0.494 e. The predicted molar refractivity (Wildman–Crippen MR) is 178 cm³/mol. The Morgan fingerprint density at radius 3 is 2.02 bits per heavy atom. The quantitative estimate of drug-likeness (QED) is 0.110. The van der Waals surface area contributed by atoms with Crippen molar-refractivity contribution in [1.29, 1.82) is 0 Å². The number of pyridine rings is 1. The second-order valence-corrected chi connectivity index (χ2v) is 13.1.